The number of nitrogens with zero attached hydrogens (tertiary/aromatic N) is 1. The van der Waals surface area contributed by atoms with Gasteiger partial charge in [0.1, 0.15) is 5.69 Å². The molecule has 0 aliphatic rings. The molecule has 0 aliphatic heterocycles. The zero-order chi connectivity index (χ0) is 20.4. The van der Waals surface area contributed by atoms with Crippen molar-refractivity contribution in [3.63, 3.8) is 0 Å². The van der Waals surface area contributed by atoms with Crippen LogP contribution in [0, 0.1) is 0 Å². The Labute approximate surface area is 172 Å². The quantitative estimate of drug-likeness (QED) is 0.386. The summed E-state index contributed by atoms with van der Waals surface area (Å²) in [5.74, 6) is 0.262. The van der Waals surface area contributed by atoms with Gasteiger partial charge in [-0.2, -0.15) is 13.2 Å². The van der Waals surface area contributed by atoms with E-state index < -0.39 is 21.9 Å². The minimum atomic E-state index is -4.55. The molecule has 1 heterocycles. The minimum Gasteiger partial charge on any atom is -0.243 e. The molecule has 0 unspecified atom stereocenters. The predicted molar refractivity (Wildman–Crippen MR) is 107 cm³/mol. The smallest absolute Gasteiger partial charge is 0.243 e. The van der Waals surface area contributed by atoms with Crippen LogP contribution in [-0.4, -0.2) is 25.7 Å². The van der Waals surface area contributed by atoms with Gasteiger partial charge in [0.2, 0.25) is 10.0 Å². The molecule has 0 saturated heterocycles. The Morgan fingerprint density at radius 2 is 1.82 bits per heavy atom. The number of sulfonamides is 1. The average molecular weight is 491 g/mol. The number of hydrogen-bond donors (Lipinski definition) is 1. The maximum Gasteiger partial charge on any atom is 0.433 e. The number of alkyl halides is 3. The summed E-state index contributed by atoms with van der Waals surface area (Å²) in [5, 5.41) is 0.593. The lowest BCUT2D eigenvalue weighted by molar-refractivity contribution is -0.141. The molecule has 0 atom stereocenters. The number of benzene rings is 2. The molecule has 2 aromatic carbocycles. The maximum atomic E-state index is 13.1. The summed E-state index contributed by atoms with van der Waals surface area (Å²) < 4.78 is 67.0. The molecule has 0 amide bonds. The number of aromatic nitrogens is 1. The molecule has 10 heteroatoms. The number of para-hydroxylation sites is 1. The molecule has 0 radical (unpaired) electrons. The van der Waals surface area contributed by atoms with Gasteiger partial charge in [-0.1, -0.05) is 40.2 Å². The molecule has 0 spiro atoms. The molecular formula is C18H14BrF3N2O2S2. The number of nitrogens with one attached hydrogen (secondary N) is 1. The Hall–Kier alpha value is -1.62. The van der Waals surface area contributed by atoms with Crippen LogP contribution in [0.3, 0.4) is 0 Å². The first-order valence-corrected chi connectivity index (χ1v) is 11.3. The second-order valence-corrected chi connectivity index (χ2v) is 9.54. The molecule has 3 aromatic rings. The van der Waals surface area contributed by atoms with E-state index in [1.165, 1.54) is 18.2 Å². The highest BCUT2D eigenvalue weighted by Crippen LogP contribution is 2.34. The largest absolute Gasteiger partial charge is 0.433 e. The van der Waals surface area contributed by atoms with Crippen molar-refractivity contribution >= 4 is 48.6 Å². The Bertz CT molecular complexity index is 1110. The van der Waals surface area contributed by atoms with Gasteiger partial charge in [0.05, 0.1) is 10.4 Å². The Morgan fingerprint density at radius 3 is 2.54 bits per heavy atom. The Balaban J connectivity index is 1.73. The molecular weight excluding hydrogens is 477 g/mol. The first-order chi connectivity index (χ1) is 13.2. The lowest BCUT2D eigenvalue weighted by Crippen LogP contribution is -2.26. The molecule has 0 fully saturated rings. The summed E-state index contributed by atoms with van der Waals surface area (Å²) in [7, 11) is -3.70. The fourth-order valence-electron chi connectivity index (χ4n) is 2.46. The third-order valence-electron chi connectivity index (χ3n) is 3.73. The van der Waals surface area contributed by atoms with Crippen LogP contribution < -0.4 is 4.72 Å². The first kappa shape index (κ1) is 21.1. The van der Waals surface area contributed by atoms with Gasteiger partial charge < -0.3 is 0 Å². The van der Waals surface area contributed by atoms with Crippen LogP contribution in [0.2, 0.25) is 0 Å². The van der Waals surface area contributed by atoms with E-state index in [1.54, 1.807) is 30.3 Å². The van der Waals surface area contributed by atoms with E-state index in [1.807, 2.05) is 0 Å². The van der Waals surface area contributed by atoms with Crippen molar-refractivity contribution in [2.24, 2.45) is 0 Å². The molecule has 1 N–H and O–H groups in total. The van der Waals surface area contributed by atoms with Crippen molar-refractivity contribution in [3.05, 3.63) is 64.8 Å². The van der Waals surface area contributed by atoms with Crippen LogP contribution in [0.25, 0.3) is 10.9 Å². The lowest BCUT2D eigenvalue weighted by atomic mass is 10.2. The van der Waals surface area contributed by atoms with E-state index in [0.717, 1.165) is 17.8 Å². The van der Waals surface area contributed by atoms with Crippen molar-refractivity contribution in [1.82, 2.24) is 9.71 Å². The van der Waals surface area contributed by atoms with Crippen molar-refractivity contribution in [3.8, 4) is 0 Å². The number of hydrogen-bond acceptors (Lipinski definition) is 4. The van der Waals surface area contributed by atoms with E-state index in [9.17, 15) is 21.6 Å². The molecule has 148 valence electrons. The molecule has 0 bridgehead atoms. The van der Waals surface area contributed by atoms with E-state index in [-0.39, 0.29) is 22.7 Å². The standard InChI is InChI=1S/C18H14BrF3N2O2S2/c19-12-4-3-5-13(10-12)28(25,26)23-8-9-27-16-11-17(18(20,21)22)24-15-7-2-1-6-14(15)16/h1-7,10-11,23H,8-9H2. The Morgan fingerprint density at radius 1 is 1.07 bits per heavy atom. The second-order valence-electron chi connectivity index (χ2n) is 5.72. The van der Waals surface area contributed by atoms with Crippen LogP contribution >= 0.6 is 27.7 Å². The van der Waals surface area contributed by atoms with Gasteiger partial charge >= 0.3 is 6.18 Å². The SMILES string of the molecule is O=S(=O)(NCCSc1cc(C(F)(F)F)nc2ccccc12)c1cccc(Br)c1. The van der Waals surface area contributed by atoms with Crippen molar-refractivity contribution in [1.29, 1.82) is 0 Å². The van der Waals surface area contributed by atoms with Crippen LogP contribution in [0.5, 0.6) is 0 Å². The number of halogens is 4. The van der Waals surface area contributed by atoms with E-state index in [2.05, 4.69) is 25.6 Å². The minimum absolute atomic E-state index is 0.0670. The highest BCUT2D eigenvalue weighted by atomic mass is 79.9. The zero-order valence-electron chi connectivity index (χ0n) is 14.2. The third-order valence-corrected chi connectivity index (χ3v) is 6.74. The van der Waals surface area contributed by atoms with Gasteiger partial charge in [0, 0.05) is 27.1 Å². The van der Waals surface area contributed by atoms with Crippen molar-refractivity contribution in [2.75, 3.05) is 12.3 Å². The van der Waals surface area contributed by atoms with Gasteiger partial charge in [-0.15, -0.1) is 11.8 Å². The topological polar surface area (TPSA) is 59.1 Å². The van der Waals surface area contributed by atoms with Crippen LogP contribution in [-0.2, 0) is 16.2 Å². The first-order valence-electron chi connectivity index (χ1n) is 8.02. The number of fused-ring (bicyclic) bond motifs is 1. The van der Waals surface area contributed by atoms with E-state index in [0.29, 0.717) is 14.8 Å². The maximum absolute atomic E-state index is 13.1. The van der Waals surface area contributed by atoms with Gasteiger partial charge in [0.25, 0.3) is 0 Å². The summed E-state index contributed by atoms with van der Waals surface area (Å²) in [4.78, 5) is 4.18. The lowest BCUT2D eigenvalue weighted by Gasteiger charge is -2.12. The molecule has 28 heavy (non-hydrogen) atoms. The number of rotatable bonds is 6. The third kappa shape index (κ3) is 5.05. The molecule has 3 rings (SSSR count). The average Bonchev–Trinajstić information content (AvgIpc) is 2.64. The number of thioether (sulfide) groups is 1. The summed E-state index contributed by atoms with van der Waals surface area (Å²) in [5.41, 5.74) is -0.724. The summed E-state index contributed by atoms with van der Waals surface area (Å²) >= 11 is 4.36. The molecule has 0 saturated carbocycles. The molecule has 1 aromatic heterocycles. The van der Waals surface area contributed by atoms with Gasteiger partial charge in [-0.3, -0.25) is 0 Å². The fraction of sp³-hybridized carbons (Fsp3) is 0.167. The van der Waals surface area contributed by atoms with Crippen LogP contribution in [0.4, 0.5) is 13.2 Å². The molecule has 4 nitrogen and oxygen atoms in total. The van der Waals surface area contributed by atoms with Crippen molar-refractivity contribution in [2.45, 2.75) is 16.0 Å². The van der Waals surface area contributed by atoms with Crippen LogP contribution in [0.1, 0.15) is 5.69 Å². The normalized spacial score (nSPS) is 12.4. The predicted octanol–water partition coefficient (Wildman–Crippen LogP) is 5.09. The summed E-state index contributed by atoms with van der Waals surface area (Å²) in [6.07, 6.45) is -4.55. The second kappa shape index (κ2) is 8.40. The fourth-order valence-corrected chi connectivity index (χ4v) is 5.17. The van der Waals surface area contributed by atoms with Crippen LogP contribution in [0.15, 0.2) is 68.9 Å². The number of pyridine rings is 1. The summed E-state index contributed by atoms with van der Waals surface area (Å²) in [6, 6.07) is 13.8. The highest BCUT2D eigenvalue weighted by molar-refractivity contribution is 9.10. The van der Waals surface area contributed by atoms with Gasteiger partial charge in [-0.25, -0.2) is 18.1 Å². The molecule has 0 aliphatic carbocycles. The monoisotopic (exact) mass is 490 g/mol. The van der Waals surface area contributed by atoms with Gasteiger partial charge in [0.15, 0.2) is 0 Å². The van der Waals surface area contributed by atoms with Crippen molar-refractivity contribution < 1.29 is 21.6 Å². The Kier molecular flexibility index (Phi) is 6.33. The van der Waals surface area contributed by atoms with Gasteiger partial charge in [-0.05, 0) is 30.3 Å². The van der Waals surface area contributed by atoms with E-state index >= 15 is 0 Å². The summed E-state index contributed by atoms with van der Waals surface area (Å²) in [6.45, 7) is 0.0670. The zero-order valence-corrected chi connectivity index (χ0v) is 17.4. The van der Waals surface area contributed by atoms with E-state index in [4.69, 9.17) is 0 Å². The highest BCUT2D eigenvalue weighted by Gasteiger charge is 2.33.